The Kier molecular flexibility index (Phi) is 4.95. The fourth-order valence-corrected chi connectivity index (χ4v) is 4.19. The van der Waals surface area contributed by atoms with Gasteiger partial charge in [0.25, 0.3) is 5.91 Å². The second-order valence-electron chi connectivity index (χ2n) is 6.46. The Balaban J connectivity index is 1.51. The number of furan rings is 1. The van der Waals surface area contributed by atoms with E-state index in [4.69, 9.17) is 9.15 Å². The predicted molar refractivity (Wildman–Crippen MR) is 108 cm³/mol. The largest absolute Gasteiger partial charge is 0.497 e. The van der Waals surface area contributed by atoms with Crippen molar-refractivity contribution in [3.8, 4) is 5.75 Å². The molecular formula is C20H19N3O4S. The lowest BCUT2D eigenvalue weighted by atomic mass is 10.2. The van der Waals surface area contributed by atoms with E-state index in [1.807, 2.05) is 13.0 Å². The molecule has 28 heavy (non-hydrogen) atoms. The highest BCUT2D eigenvalue weighted by Gasteiger charge is 2.36. The maximum Gasteiger partial charge on any atom is 0.291 e. The predicted octanol–water partition coefficient (Wildman–Crippen LogP) is 3.30. The summed E-state index contributed by atoms with van der Waals surface area (Å²) in [6.07, 6.45) is 0. The average Bonchev–Trinajstić information content (AvgIpc) is 3.34. The number of anilines is 1. The maximum atomic E-state index is 12.9. The number of nitrogens with one attached hydrogen (secondary N) is 1. The minimum absolute atomic E-state index is 0.192. The lowest BCUT2D eigenvalue weighted by molar-refractivity contribution is -0.119. The number of ether oxygens (including phenoxy) is 1. The summed E-state index contributed by atoms with van der Waals surface area (Å²) >= 11 is 1.53. The van der Waals surface area contributed by atoms with E-state index in [0.29, 0.717) is 34.2 Å². The number of hydrogen-bond donors (Lipinski definition) is 1. The monoisotopic (exact) mass is 397 g/mol. The summed E-state index contributed by atoms with van der Waals surface area (Å²) in [6.45, 7) is 1.88. The highest BCUT2D eigenvalue weighted by molar-refractivity contribution is 7.99. The van der Waals surface area contributed by atoms with E-state index in [1.54, 1.807) is 43.5 Å². The zero-order chi connectivity index (χ0) is 19.7. The molecule has 7 nitrogen and oxygen atoms in total. The van der Waals surface area contributed by atoms with Crippen LogP contribution in [0.3, 0.4) is 0 Å². The van der Waals surface area contributed by atoms with Crippen LogP contribution in [0.1, 0.15) is 16.2 Å². The molecule has 1 saturated heterocycles. The maximum absolute atomic E-state index is 12.9. The van der Waals surface area contributed by atoms with Crippen LogP contribution in [0.2, 0.25) is 0 Å². The molecule has 8 heteroatoms. The normalized spacial score (nSPS) is 16.4. The molecule has 0 bridgehead atoms. The summed E-state index contributed by atoms with van der Waals surface area (Å²) in [5.74, 6) is 1.33. The number of carbonyl (C=O) groups is 2. The van der Waals surface area contributed by atoms with Crippen molar-refractivity contribution in [2.75, 3.05) is 24.1 Å². The summed E-state index contributed by atoms with van der Waals surface area (Å²) in [6, 6.07) is 11.7. The Hall–Kier alpha value is -3.00. The topological polar surface area (TPSA) is 84.7 Å². The number of hydrogen-bond acceptors (Lipinski definition) is 6. The molecule has 4 rings (SSSR count). The molecule has 0 radical (unpaired) electrons. The first-order chi connectivity index (χ1) is 13.5. The summed E-state index contributed by atoms with van der Waals surface area (Å²) in [4.78, 5) is 31.6. The van der Waals surface area contributed by atoms with Gasteiger partial charge in [0.15, 0.2) is 11.3 Å². The van der Waals surface area contributed by atoms with Gasteiger partial charge in [-0.25, -0.2) is 4.98 Å². The number of nitrogens with zero attached hydrogens (tertiary/aromatic N) is 2. The minimum atomic E-state index is -0.567. The van der Waals surface area contributed by atoms with Crippen molar-refractivity contribution in [3.05, 3.63) is 53.9 Å². The molecule has 3 aromatic rings. The third kappa shape index (κ3) is 3.55. The van der Waals surface area contributed by atoms with Gasteiger partial charge < -0.3 is 19.4 Å². The van der Waals surface area contributed by atoms with Gasteiger partial charge in [-0.1, -0.05) is 0 Å². The standard InChI is InChI=1S/C20H19N3O4S/c1-12-3-8-17-15(21-12)9-18(27-17)20(25)23-11-28-10-16(23)19(24)22-13-4-6-14(26-2)7-5-13/h3-9,16H,10-11H2,1-2H3,(H,22,24)/t16-/m0/s1. The number of fused-ring (bicyclic) bond motifs is 1. The van der Waals surface area contributed by atoms with Crippen LogP contribution in [-0.4, -0.2) is 46.5 Å². The van der Waals surface area contributed by atoms with Gasteiger partial charge in [-0.15, -0.1) is 11.8 Å². The zero-order valence-corrected chi connectivity index (χ0v) is 16.3. The first-order valence-corrected chi connectivity index (χ1v) is 9.91. The third-order valence-electron chi connectivity index (χ3n) is 4.53. The Labute approximate surface area is 166 Å². The van der Waals surface area contributed by atoms with E-state index in [2.05, 4.69) is 10.3 Å². The van der Waals surface area contributed by atoms with E-state index >= 15 is 0 Å². The number of aryl methyl sites for hydroxylation is 1. The molecule has 0 spiro atoms. The molecule has 1 aliphatic rings. The molecular weight excluding hydrogens is 378 g/mol. The van der Waals surface area contributed by atoms with Gasteiger partial charge in [-0.3, -0.25) is 9.59 Å². The van der Waals surface area contributed by atoms with Crippen LogP contribution < -0.4 is 10.1 Å². The van der Waals surface area contributed by atoms with Crippen LogP contribution in [0.4, 0.5) is 5.69 Å². The van der Waals surface area contributed by atoms with Gasteiger partial charge >= 0.3 is 0 Å². The number of amides is 2. The molecule has 2 aromatic heterocycles. The molecule has 1 aliphatic heterocycles. The van der Waals surface area contributed by atoms with Gasteiger partial charge in [-0.05, 0) is 43.3 Å². The van der Waals surface area contributed by atoms with E-state index in [-0.39, 0.29) is 17.6 Å². The van der Waals surface area contributed by atoms with Crippen molar-refractivity contribution in [3.63, 3.8) is 0 Å². The fourth-order valence-electron chi connectivity index (χ4n) is 3.03. The van der Waals surface area contributed by atoms with Gasteiger partial charge in [0.1, 0.15) is 17.3 Å². The van der Waals surface area contributed by atoms with Crippen LogP contribution in [0.25, 0.3) is 11.1 Å². The van der Waals surface area contributed by atoms with Crippen molar-refractivity contribution in [2.45, 2.75) is 13.0 Å². The molecule has 1 N–H and O–H groups in total. The highest BCUT2D eigenvalue weighted by Crippen LogP contribution is 2.27. The Morgan fingerprint density at radius 3 is 2.79 bits per heavy atom. The molecule has 2 amide bonds. The lowest BCUT2D eigenvalue weighted by Crippen LogP contribution is -2.44. The van der Waals surface area contributed by atoms with Crippen LogP contribution in [0.5, 0.6) is 5.75 Å². The number of thioether (sulfide) groups is 1. The number of pyridine rings is 1. The summed E-state index contributed by atoms with van der Waals surface area (Å²) in [5, 5.41) is 2.86. The van der Waals surface area contributed by atoms with E-state index < -0.39 is 6.04 Å². The molecule has 1 aromatic carbocycles. The van der Waals surface area contributed by atoms with Crippen molar-refractivity contribution < 1.29 is 18.7 Å². The first kappa shape index (κ1) is 18.4. The quantitative estimate of drug-likeness (QED) is 0.727. The summed E-state index contributed by atoms with van der Waals surface area (Å²) in [7, 11) is 1.59. The van der Waals surface area contributed by atoms with Crippen molar-refractivity contribution in [1.82, 2.24) is 9.88 Å². The second kappa shape index (κ2) is 7.55. The van der Waals surface area contributed by atoms with E-state index in [1.165, 1.54) is 16.7 Å². The molecule has 0 saturated carbocycles. The SMILES string of the molecule is COc1ccc(NC(=O)[C@@H]2CSCN2C(=O)c2cc3nc(C)ccc3o2)cc1. The van der Waals surface area contributed by atoms with E-state index in [0.717, 1.165) is 5.69 Å². The molecule has 0 aliphatic carbocycles. The van der Waals surface area contributed by atoms with Crippen molar-refractivity contribution >= 4 is 40.4 Å². The average molecular weight is 397 g/mol. The smallest absolute Gasteiger partial charge is 0.291 e. The van der Waals surface area contributed by atoms with Crippen LogP contribution in [-0.2, 0) is 4.79 Å². The van der Waals surface area contributed by atoms with Crippen molar-refractivity contribution in [1.29, 1.82) is 0 Å². The Bertz CT molecular complexity index is 1030. The number of benzene rings is 1. The minimum Gasteiger partial charge on any atom is -0.497 e. The van der Waals surface area contributed by atoms with Gasteiger partial charge in [0, 0.05) is 23.2 Å². The highest BCUT2D eigenvalue weighted by atomic mass is 32.2. The Morgan fingerprint density at radius 2 is 2.04 bits per heavy atom. The number of carbonyl (C=O) groups excluding carboxylic acids is 2. The lowest BCUT2D eigenvalue weighted by Gasteiger charge is -2.22. The van der Waals surface area contributed by atoms with Crippen LogP contribution >= 0.6 is 11.8 Å². The van der Waals surface area contributed by atoms with Gasteiger partial charge in [0.05, 0.1) is 13.0 Å². The molecule has 0 unspecified atom stereocenters. The van der Waals surface area contributed by atoms with Gasteiger partial charge in [-0.2, -0.15) is 0 Å². The number of rotatable bonds is 4. The third-order valence-corrected chi connectivity index (χ3v) is 5.54. The molecule has 3 heterocycles. The zero-order valence-electron chi connectivity index (χ0n) is 15.5. The summed E-state index contributed by atoms with van der Waals surface area (Å²) < 4.78 is 10.8. The van der Waals surface area contributed by atoms with Crippen LogP contribution in [0, 0.1) is 6.92 Å². The Morgan fingerprint density at radius 1 is 1.25 bits per heavy atom. The molecule has 144 valence electrons. The number of aromatic nitrogens is 1. The number of methoxy groups -OCH3 is 1. The van der Waals surface area contributed by atoms with E-state index in [9.17, 15) is 9.59 Å². The summed E-state index contributed by atoms with van der Waals surface area (Å²) in [5.41, 5.74) is 2.69. The van der Waals surface area contributed by atoms with Crippen molar-refractivity contribution in [2.24, 2.45) is 0 Å². The van der Waals surface area contributed by atoms with Gasteiger partial charge in [0.2, 0.25) is 5.91 Å². The first-order valence-electron chi connectivity index (χ1n) is 8.76. The molecule has 1 fully saturated rings. The fraction of sp³-hybridized carbons (Fsp3) is 0.250. The second-order valence-corrected chi connectivity index (χ2v) is 7.45. The van der Waals surface area contributed by atoms with Crippen LogP contribution in [0.15, 0.2) is 46.9 Å². The molecule has 1 atom stereocenters.